The molecule has 4 nitrogen and oxygen atoms in total. The Morgan fingerprint density at radius 1 is 1.25 bits per heavy atom. The van der Waals surface area contributed by atoms with Gasteiger partial charge in [-0.1, -0.05) is 30.3 Å². The Morgan fingerprint density at radius 3 is 2.55 bits per heavy atom. The standard InChI is InChI=1S/C16H18N2O2/c1-11(9-12-5-3-2-4-6-12)18-15-8-7-13(16(19)20)10-14(15)17/h2-8,10-11,18H,9,17H2,1H3,(H,19,20). The SMILES string of the molecule is CC(Cc1ccccc1)Nc1ccc(C(=O)O)cc1N. The minimum absolute atomic E-state index is 0.198. The van der Waals surface area contributed by atoms with E-state index in [2.05, 4.69) is 24.4 Å². The maximum absolute atomic E-state index is 10.9. The molecule has 4 heteroatoms. The number of benzene rings is 2. The third-order valence-electron chi connectivity index (χ3n) is 3.09. The highest BCUT2D eigenvalue weighted by Crippen LogP contribution is 2.21. The lowest BCUT2D eigenvalue weighted by atomic mass is 10.1. The molecule has 0 aliphatic carbocycles. The van der Waals surface area contributed by atoms with Gasteiger partial charge in [-0.2, -0.15) is 0 Å². The molecule has 2 rings (SSSR count). The van der Waals surface area contributed by atoms with Crippen LogP contribution in [0.2, 0.25) is 0 Å². The van der Waals surface area contributed by atoms with Crippen molar-refractivity contribution >= 4 is 17.3 Å². The molecule has 104 valence electrons. The molecule has 0 radical (unpaired) electrons. The fourth-order valence-electron chi connectivity index (χ4n) is 2.11. The van der Waals surface area contributed by atoms with Crippen LogP contribution in [0.15, 0.2) is 48.5 Å². The monoisotopic (exact) mass is 270 g/mol. The predicted octanol–water partition coefficient (Wildman–Crippen LogP) is 3.01. The van der Waals surface area contributed by atoms with Gasteiger partial charge in [0.15, 0.2) is 0 Å². The van der Waals surface area contributed by atoms with E-state index in [1.165, 1.54) is 11.6 Å². The van der Waals surface area contributed by atoms with Crippen LogP contribution in [-0.4, -0.2) is 17.1 Å². The summed E-state index contributed by atoms with van der Waals surface area (Å²) in [5.41, 5.74) is 8.53. The molecule has 0 aliphatic heterocycles. The molecule has 4 N–H and O–H groups in total. The Balaban J connectivity index is 2.04. The van der Waals surface area contributed by atoms with E-state index >= 15 is 0 Å². The third-order valence-corrected chi connectivity index (χ3v) is 3.09. The first kappa shape index (κ1) is 13.9. The minimum atomic E-state index is -0.972. The van der Waals surface area contributed by atoms with E-state index in [0.29, 0.717) is 5.69 Å². The van der Waals surface area contributed by atoms with Crippen LogP contribution in [0.1, 0.15) is 22.8 Å². The normalized spacial score (nSPS) is 11.8. The molecular formula is C16H18N2O2. The largest absolute Gasteiger partial charge is 0.478 e. The Morgan fingerprint density at radius 2 is 1.95 bits per heavy atom. The van der Waals surface area contributed by atoms with E-state index in [0.717, 1.165) is 12.1 Å². The molecule has 2 aromatic rings. The first-order valence-electron chi connectivity index (χ1n) is 6.49. The van der Waals surface area contributed by atoms with Crippen LogP contribution < -0.4 is 11.1 Å². The molecule has 0 fully saturated rings. The van der Waals surface area contributed by atoms with E-state index in [4.69, 9.17) is 10.8 Å². The smallest absolute Gasteiger partial charge is 0.335 e. The van der Waals surface area contributed by atoms with Crippen LogP contribution in [0.25, 0.3) is 0 Å². The summed E-state index contributed by atoms with van der Waals surface area (Å²) in [5.74, 6) is -0.972. The summed E-state index contributed by atoms with van der Waals surface area (Å²) in [5, 5.41) is 12.2. The number of anilines is 2. The van der Waals surface area contributed by atoms with E-state index in [9.17, 15) is 4.79 Å². The van der Waals surface area contributed by atoms with Gasteiger partial charge < -0.3 is 16.2 Å². The van der Waals surface area contributed by atoms with E-state index in [-0.39, 0.29) is 11.6 Å². The molecule has 0 aromatic heterocycles. The number of nitrogens with two attached hydrogens (primary N) is 1. The second-order valence-electron chi connectivity index (χ2n) is 4.84. The predicted molar refractivity (Wildman–Crippen MR) is 81.0 cm³/mol. The Labute approximate surface area is 118 Å². The summed E-state index contributed by atoms with van der Waals surface area (Å²) < 4.78 is 0. The lowest BCUT2D eigenvalue weighted by molar-refractivity contribution is 0.0697. The zero-order valence-electron chi connectivity index (χ0n) is 11.3. The van der Waals surface area contributed by atoms with Crippen molar-refractivity contribution in [3.8, 4) is 0 Å². The van der Waals surface area contributed by atoms with Gasteiger partial charge in [-0.05, 0) is 37.1 Å². The molecule has 0 bridgehead atoms. The number of hydrogen-bond donors (Lipinski definition) is 3. The van der Waals surface area contributed by atoms with Gasteiger partial charge in [-0.15, -0.1) is 0 Å². The van der Waals surface area contributed by atoms with Crippen LogP contribution in [0.4, 0.5) is 11.4 Å². The van der Waals surface area contributed by atoms with Gasteiger partial charge in [0.05, 0.1) is 16.9 Å². The van der Waals surface area contributed by atoms with Crippen molar-refractivity contribution in [1.29, 1.82) is 0 Å². The summed E-state index contributed by atoms with van der Waals surface area (Å²) in [6.45, 7) is 2.07. The Bertz CT molecular complexity index is 597. The summed E-state index contributed by atoms with van der Waals surface area (Å²) in [6.07, 6.45) is 0.876. The van der Waals surface area contributed by atoms with Gasteiger partial charge in [0, 0.05) is 6.04 Å². The van der Waals surface area contributed by atoms with E-state index in [1.807, 2.05) is 18.2 Å². The van der Waals surface area contributed by atoms with Crippen LogP contribution in [0.5, 0.6) is 0 Å². The topological polar surface area (TPSA) is 75.3 Å². The fourth-order valence-corrected chi connectivity index (χ4v) is 2.11. The third kappa shape index (κ3) is 3.51. The second kappa shape index (κ2) is 6.10. The Kier molecular flexibility index (Phi) is 4.25. The van der Waals surface area contributed by atoms with Crippen molar-refractivity contribution in [3.05, 3.63) is 59.7 Å². The average Bonchev–Trinajstić information content (AvgIpc) is 2.42. The summed E-state index contributed by atoms with van der Waals surface area (Å²) in [6, 6.07) is 15.1. The van der Waals surface area contributed by atoms with E-state index < -0.39 is 5.97 Å². The maximum Gasteiger partial charge on any atom is 0.335 e. The molecule has 1 atom stereocenters. The molecule has 0 saturated carbocycles. The van der Waals surface area contributed by atoms with Crippen molar-refractivity contribution in [3.63, 3.8) is 0 Å². The number of aromatic carboxylic acids is 1. The van der Waals surface area contributed by atoms with Crippen LogP contribution in [0.3, 0.4) is 0 Å². The molecule has 0 heterocycles. The van der Waals surface area contributed by atoms with Crippen molar-refractivity contribution in [2.75, 3.05) is 11.1 Å². The highest BCUT2D eigenvalue weighted by atomic mass is 16.4. The van der Waals surface area contributed by atoms with Gasteiger partial charge >= 0.3 is 5.97 Å². The van der Waals surface area contributed by atoms with Crippen LogP contribution in [0, 0.1) is 0 Å². The zero-order valence-corrected chi connectivity index (χ0v) is 11.3. The fraction of sp³-hybridized carbons (Fsp3) is 0.188. The van der Waals surface area contributed by atoms with Gasteiger partial charge in [-0.25, -0.2) is 4.79 Å². The van der Waals surface area contributed by atoms with Crippen molar-refractivity contribution in [2.45, 2.75) is 19.4 Å². The summed E-state index contributed by atoms with van der Waals surface area (Å²) in [7, 11) is 0. The molecule has 20 heavy (non-hydrogen) atoms. The molecule has 0 spiro atoms. The minimum Gasteiger partial charge on any atom is -0.478 e. The molecule has 0 amide bonds. The van der Waals surface area contributed by atoms with Crippen molar-refractivity contribution in [2.24, 2.45) is 0 Å². The number of carboxylic acid groups (broad SMARTS) is 1. The number of hydrogen-bond acceptors (Lipinski definition) is 3. The molecule has 0 aliphatic rings. The number of carbonyl (C=O) groups is 1. The van der Waals surface area contributed by atoms with Gasteiger partial charge in [0.25, 0.3) is 0 Å². The molecular weight excluding hydrogens is 252 g/mol. The van der Waals surface area contributed by atoms with Crippen molar-refractivity contribution in [1.82, 2.24) is 0 Å². The number of carboxylic acids is 1. The second-order valence-corrected chi connectivity index (χ2v) is 4.84. The quantitative estimate of drug-likeness (QED) is 0.730. The molecule has 1 unspecified atom stereocenters. The lowest BCUT2D eigenvalue weighted by Crippen LogP contribution is -2.19. The van der Waals surface area contributed by atoms with Crippen LogP contribution >= 0.6 is 0 Å². The number of nitrogens with one attached hydrogen (secondary N) is 1. The first-order valence-corrected chi connectivity index (χ1v) is 6.49. The maximum atomic E-state index is 10.9. The lowest BCUT2D eigenvalue weighted by Gasteiger charge is -2.17. The van der Waals surface area contributed by atoms with Gasteiger partial charge in [-0.3, -0.25) is 0 Å². The summed E-state index contributed by atoms with van der Waals surface area (Å²) >= 11 is 0. The average molecular weight is 270 g/mol. The van der Waals surface area contributed by atoms with Crippen molar-refractivity contribution < 1.29 is 9.90 Å². The molecule has 2 aromatic carbocycles. The van der Waals surface area contributed by atoms with Gasteiger partial charge in [0.1, 0.15) is 0 Å². The number of nitrogen functional groups attached to an aromatic ring is 1. The zero-order chi connectivity index (χ0) is 14.5. The van der Waals surface area contributed by atoms with Crippen LogP contribution in [-0.2, 0) is 6.42 Å². The summed E-state index contributed by atoms with van der Waals surface area (Å²) in [4.78, 5) is 10.9. The van der Waals surface area contributed by atoms with Gasteiger partial charge in [0.2, 0.25) is 0 Å². The highest BCUT2D eigenvalue weighted by Gasteiger charge is 2.09. The highest BCUT2D eigenvalue weighted by molar-refractivity contribution is 5.90. The van der Waals surface area contributed by atoms with E-state index in [1.54, 1.807) is 12.1 Å². The first-order chi connectivity index (χ1) is 9.56. The Hall–Kier alpha value is -2.49. The molecule has 0 saturated heterocycles. The number of rotatable bonds is 5.